The van der Waals surface area contributed by atoms with Gasteiger partial charge < -0.3 is 10.6 Å². The van der Waals surface area contributed by atoms with E-state index >= 15 is 0 Å². The van der Waals surface area contributed by atoms with Crippen LogP contribution in [-0.2, 0) is 9.59 Å². The lowest BCUT2D eigenvalue weighted by atomic mass is 9.97. The Morgan fingerprint density at radius 3 is 2.56 bits per heavy atom. The van der Waals surface area contributed by atoms with Gasteiger partial charge >= 0.3 is 0 Å². The van der Waals surface area contributed by atoms with Gasteiger partial charge in [0.25, 0.3) is 0 Å². The van der Waals surface area contributed by atoms with Gasteiger partial charge in [-0.15, -0.1) is 0 Å². The Bertz CT molecular complexity index is 1040. The van der Waals surface area contributed by atoms with Crippen LogP contribution in [0.15, 0.2) is 24.3 Å². The Kier molecular flexibility index (Phi) is 7.23. The molecule has 184 valence electrons. The Labute approximate surface area is 201 Å². The Hall–Kier alpha value is -2.91. The second-order valence-corrected chi connectivity index (χ2v) is 9.51. The van der Waals surface area contributed by atoms with E-state index in [0.717, 1.165) is 37.1 Å². The first-order chi connectivity index (χ1) is 16.3. The van der Waals surface area contributed by atoms with Crippen molar-refractivity contribution in [1.82, 2.24) is 25.8 Å². The summed E-state index contributed by atoms with van der Waals surface area (Å²) in [6.07, 6.45) is 2.79. The smallest absolute Gasteiger partial charge is 0.230 e. The molecule has 2 aromatic rings. The van der Waals surface area contributed by atoms with E-state index in [4.69, 9.17) is 0 Å². The Morgan fingerprint density at radius 1 is 1.15 bits per heavy atom. The lowest BCUT2D eigenvalue weighted by molar-refractivity contribution is -0.129. The number of anilines is 2. The number of hydrogen-bond donors (Lipinski definition) is 4. The van der Waals surface area contributed by atoms with E-state index in [1.807, 2.05) is 18.0 Å². The molecular weight excluding hydrogens is 430 g/mol. The average molecular weight is 468 g/mol. The fourth-order valence-electron chi connectivity index (χ4n) is 4.86. The van der Waals surface area contributed by atoms with Crippen LogP contribution in [0.2, 0.25) is 0 Å². The first-order valence-corrected chi connectivity index (χ1v) is 12.4. The summed E-state index contributed by atoms with van der Waals surface area (Å²) in [6.45, 7) is 10.8. The molecule has 4 rings (SSSR count). The van der Waals surface area contributed by atoms with E-state index in [2.05, 4.69) is 72.4 Å². The van der Waals surface area contributed by atoms with Crippen molar-refractivity contribution in [3.05, 3.63) is 41.1 Å². The summed E-state index contributed by atoms with van der Waals surface area (Å²) in [6, 6.07) is 8.12. The van der Waals surface area contributed by atoms with Gasteiger partial charge in [-0.3, -0.25) is 19.9 Å². The lowest BCUT2D eigenvalue weighted by Gasteiger charge is -2.37. The highest BCUT2D eigenvalue weighted by atomic mass is 16.2. The molecule has 4 N–H and O–H groups in total. The maximum absolute atomic E-state index is 13.0. The standard InChI is InChI=1S/C25H37N7O2/c1-6-8-18(9-7-2)23(33)27-21-13-17(5)30-32(21)25-28-22-20(24(34)29-25)14-26-31(22)19-11-10-15(3)16(4)12-19/h10-13,18,20,22,25-26,28H,6-9,14H2,1-5H3,(H,27,33)(H,29,34). The van der Waals surface area contributed by atoms with E-state index < -0.39 is 6.29 Å². The second kappa shape index (κ2) is 10.1. The van der Waals surface area contributed by atoms with Crippen molar-refractivity contribution >= 4 is 23.3 Å². The third-order valence-corrected chi connectivity index (χ3v) is 6.85. The predicted molar refractivity (Wildman–Crippen MR) is 133 cm³/mol. The molecule has 3 heterocycles. The van der Waals surface area contributed by atoms with Crippen molar-refractivity contribution in [1.29, 1.82) is 0 Å². The van der Waals surface area contributed by atoms with Crippen LogP contribution >= 0.6 is 0 Å². The molecule has 2 fully saturated rings. The predicted octanol–water partition coefficient (Wildman–Crippen LogP) is 3.11. The molecule has 2 saturated heterocycles. The topological polar surface area (TPSA) is 103 Å². The van der Waals surface area contributed by atoms with E-state index in [9.17, 15) is 9.59 Å². The van der Waals surface area contributed by atoms with Crippen molar-refractivity contribution in [3.63, 3.8) is 0 Å². The van der Waals surface area contributed by atoms with Gasteiger partial charge in [-0.25, -0.2) is 10.1 Å². The van der Waals surface area contributed by atoms with Gasteiger partial charge in [0, 0.05) is 18.5 Å². The first kappa shape index (κ1) is 24.2. The molecule has 9 nitrogen and oxygen atoms in total. The number of benzene rings is 1. The molecule has 2 amide bonds. The van der Waals surface area contributed by atoms with Gasteiger partial charge in [0.05, 0.1) is 17.3 Å². The molecule has 2 aliphatic rings. The minimum atomic E-state index is -0.581. The van der Waals surface area contributed by atoms with Gasteiger partial charge in [-0.1, -0.05) is 32.8 Å². The molecule has 1 aromatic carbocycles. The molecule has 0 bridgehead atoms. The molecule has 0 radical (unpaired) electrons. The van der Waals surface area contributed by atoms with Crippen molar-refractivity contribution in [2.45, 2.75) is 72.8 Å². The summed E-state index contributed by atoms with van der Waals surface area (Å²) in [7, 11) is 0. The van der Waals surface area contributed by atoms with E-state index in [1.165, 1.54) is 11.1 Å². The van der Waals surface area contributed by atoms with Gasteiger partial charge in [-0.05, 0) is 56.9 Å². The first-order valence-electron chi connectivity index (χ1n) is 12.4. The zero-order valence-electron chi connectivity index (χ0n) is 20.8. The van der Waals surface area contributed by atoms with Crippen LogP contribution < -0.4 is 26.4 Å². The molecule has 1 aromatic heterocycles. The average Bonchev–Trinajstić information content (AvgIpc) is 3.39. The number of rotatable bonds is 8. The number of hydrogen-bond acceptors (Lipinski definition) is 6. The molecule has 9 heteroatoms. The largest absolute Gasteiger partial charge is 0.321 e. The van der Waals surface area contributed by atoms with Crippen LogP contribution in [0, 0.1) is 32.6 Å². The Morgan fingerprint density at radius 2 is 1.88 bits per heavy atom. The van der Waals surface area contributed by atoms with Gasteiger partial charge in [0.2, 0.25) is 11.8 Å². The fraction of sp³-hybridized carbons (Fsp3) is 0.560. The van der Waals surface area contributed by atoms with Crippen LogP contribution in [0.1, 0.15) is 62.6 Å². The normalized spacial score (nSPS) is 22.1. The van der Waals surface area contributed by atoms with Gasteiger partial charge in [0.15, 0.2) is 6.29 Å². The van der Waals surface area contributed by atoms with Crippen LogP contribution in [0.4, 0.5) is 11.5 Å². The number of aromatic nitrogens is 2. The van der Waals surface area contributed by atoms with Gasteiger partial charge in [0.1, 0.15) is 12.0 Å². The van der Waals surface area contributed by atoms with Crippen molar-refractivity contribution in [2.24, 2.45) is 11.8 Å². The molecule has 3 unspecified atom stereocenters. The summed E-state index contributed by atoms with van der Waals surface area (Å²) in [4.78, 5) is 26.0. The highest BCUT2D eigenvalue weighted by Crippen LogP contribution is 2.29. The molecule has 34 heavy (non-hydrogen) atoms. The molecule has 0 spiro atoms. The highest BCUT2D eigenvalue weighted by Gasteiger charge is 2.45. The molecule has 3 atom stereocenters. The number of hydrazine groups is 1. The van der Waals surface area contributed by atoms with Crippen LogP contribution in [0.3, 0.4) is 0 Å². The zero-order chi connectivity index (χ0) is 24.4. The number of carbonyl (C=O) groups is 2. The van der Waals surface area contributed by atoms with Crippen molar-refractivity contribution in [2.75, 3.05) is 16.9 Å². The van der Waals surface area contributed by atoms with Crippen LogP contribution in [0.25, 0.3) is 0 Å². The van der Waals surface area contributed by atoms with Crippen LogP contribution in [-0.4, -0.2) is 34.3 Å². The SMILES string of the molecule is CCCC(CCC)C(=O)Nc1cc(C)nn1C1NC(=O)C2CNN(c3ccc(C)c(C)c3)C2N1. The summed E-state index contributed by atoms with van der Waals surface area (Å²) < 4.78 is 1.67. The fourth-order valence-corrected chi connectivity index (χ4v) is 4.86. The number of nitrogens with zero attached hydrogens (tertiary/aromatic N) is 3. The van der Waals surface area contributed by atoms with Gasteiger partial charge in [-0.2, -0.15) is 5.10 Å². The summed E-state index contributed by atoms with van der Waals surface area (Å²) in [5.41, 5.74) is 7.56. The van der Waals surface area contributed by atoms with E-state index in [-0.39, 0.29) is 29.8 Å². The number of nitrogens with one attached hydrogen (secondary N) is 4. The van der Waals surface area contributed by atoms with E-state index in [1.54, 1.807) is 4.68 Å². The summed E-state index contributed by atoms with van der Waals surface area (Å²) in [5.74, 6) is 0.263. The van der Waals surface area contributed by atoms with E-state index in [0.29, 0.717) is 12.4 Å². The Balaban J connectivity index is 1.56. The number of fused-ring (bicyclic) bond motifs is 1. The third kappa shape index (κ3) is 4.81. The van der Waals surface area contributed by atoms with Crippen molar-refractivity contribution < 1.29 is 9.59 Å². The monoisotopic (exact) mass is 467 g/mol. The molecule has 0 saturated carbocycles. The molecule has 2 aliphatic heterocycles. The third-order valence-electron chi connectivity index (χ3n) is 6.85. The lowest BCUT2D eigenvalue weighted by Crippen LogP contribution is -2.62. The number of amides is 2. The molecular formula is C25H37N7O2. The number of aryl methyl sites for hydroxylation is 3. The maximum atomic E-state index is 13.0. The van der Waals surface area contributed by atoms with Crippen LogP contribution in [0.5, 0.6) is 0 Å². The quantitative estimate of drug-likeness (QED) is 0.476. The summed E-state index contributed by atoms with van der Waals surface area (Å²) >= 11 is 0. The zero-order valence-corrected chi connectivity index (χ0v) is 20.8. The minimum Gasteiger partial charge on any atom is -0.321 e. The summed E-state index contributed by atoms with van der Waals surface area (Å²) in [5, 5.41) is 16.3. The van der Waals surface area contributed by atoms with Crippen molar-refractivity contribution in [3.8, 4) is 0 Å². The maximum Gasteiger partial charge on any atom is 0.230 e. The minimum absolute atomic E-state index is 0.00385. The molecule has 0 aliphatic carbocycles. The number of carbonyl (C=O) groups excluding carboxylic acids is 2. The highest BCUT2D eigenvalue weighted by molar-refractivity contribution is 5.92. The second-order valence-electron chi connectivity index (χ2n) is 9.51.